The fraction of sp³-hybridized carbons (Fsp3) is 0.300. The Labute approximate surface area is 167 Å². The Hall–Kier alpha value is -3.49. The van der Waals surface area contributed by atoms with Crippen LogP contribution in [0, 0.1) is 12.7 Å². The Kier molecular flexibility index (Phi) is 5.37. The van der Waals surface area contributed by atoms with E-state index in [9.17, 15) is 4.39 Å². The van der Waals surface area contributed by atoms with Crippen molar-refractivity contribution in [2.75, 3.05) is 23.7 Å². The SMILES string of the molecule is Cc1ccccc1Oc1cc(N2CCC(Oc3ncc(F)c(N)n3)CC2)ncn1. The summed E-state index contributed by atoms with van der Waals surface area (Å²) < 4.78 is 24.8. The standard InChI is InChI=1S/C20H21FN6O2/c1-13-4-2-3-5-16(13)29-18-10-17(24-12-25-18)27-8-6-14(7-9-27)28-20-23-11-15(21)19(22)26-20/h2-5,10-12,14H,6-9H2,1H3,(H2,22,23,26). The van der Waals surface area contributed by atoms with E-state index >= 15 is 0 Å². The van der Waals surface area contributed by atoms with Crippen LogP contribution in [0.3, 0.4) is 0 Å². The molecule has 0 saturated carbocycles. The molecule has 0 radical (unpaired) electrons. The zero-order valence-corrected chi connectivity index (χ0v) is 16.0. The number of aryl methyl sites for hydroxylation is 1. The molecule has 1 fully saturated rings. The summed E-state index contributed by atoms with van der Waals surface area (Å²) >= 11 is 0. The zero-order valence-electron chi connectivity index (χ0n) is 16.0. The highest BCUT2D eigenvalue weighted by atomic mass is 19.1. The third kappa shape index (κ3) is 4.50. The number of rotatable bonds is 5. The van der Waals surface area contributed by atoms with Gasteiger partial charge in [-0.1, -0.05) is 18.2 Å². The number of anilines is 2. The van der Waals surface area contributed by atoms with E-state index in [1.807, 2.05) is 37.3 Å². The molecule has 2 N–H and O–H groups in total. The number of hydrogen-bond donors (Lipinski definition) is 1. The van der Waals surface area contributed by atoms with Gasteiger partial charge in [-0.2, -0.15) is 4.98 Å². The second-order valence-electron chi connectivity index (χ2n) is 6.77. The quantitative estimate of drug-likeness (QED) is 0.702. The van der Waals surface area contributed by atoms with Gasteiger partial charge in [0.25, 0.3) is 0 Å². The van der Waals surface area contributed by atoms with Gasteiger partial charge in [0.2, 0.25) is 5.88 Å². The van der Waals surface area contributed by atoms with Crippen molar-refractivity contribution in [2.45, 2.75) is 25.9 Å². The molecule has 150 valence electrons. The summed E-state index contributed by atoms with van der Waals surface area (Å²) in [6.45, 7) is 3.46. The summed E-state index contributed by atoms with van der Waals surface area (Å²) in [6.07, 6.45) is 3.95. The van der Waals surface area contributed by atoms with Gasteiger partial charge in [0.15, 0.2) is 11.6 Å². The first kappa shape index (κ1) is 18.9. The minimum absolute atomic E-state index is 0.0689. The molecule has 0 aliphatic carbocycles. The van der Waals surface area contributed by atoms with Crippen LogP contribution in [0.25, 0.3) is 0 Å². The number of para-hydroxylation sites is 1. The van der Waals surface area contributed by atoms with E-state index in [1.165, 1.54) is 6.33 Å². The Bertz CT molecular complexity index is 994. The number of piperidine rings is 1. The molecular weight excluding hydrogens is 375 g/mol. The van der Waals surface area contributed by atoms with Crippen molar-refractivity contribution in [3.63, 3.8) is 0 Å². The van der Waals surface area contributed by atoms with E-state index in [-0.39, 0.29) is 17.9 Å². The van der Waals surface area contributed by atoms with Crippen molar-refractivity contribution in [2.24, 2.45) is 0 Å². The zero-order chi connectivity index (χ0) is 20.2. The van der Waals surface area contributed by atoms with Gasteiger partial charge in [-0.15, -0.1) is 0 Å². The van der Waals surface area contributed by atoms with E-state index in [4.69, 9.17) is 15.2 Å². The van der Waals surface area contributed by atoms with Gasteiger partial charge in [-0.05, 0) is 18.6 Å². The van der Waals surface area contributed by atoms with E-state index in [0.29, 0.717) is 5.88 Å². The molecule has 0 atom stereocenters. The lowest BCUT2D eigenvalue weighted by atomic mass is 10.1. The average molecular weight is 396 g/mol. The third-order valence-electron chi connectivity index (χ3n) is 4.72. The van der Waals surface area contributed by atoms with E-state index < -0.39 is 5.82 Å². The maximum absolute atomic E-state index is 13.2. The van der Waals surface area contributed by atoms with Gasteiger partial charge in [0.05, 0.1) is 6.20 Å². The molecule has 1 aliphatic rings. The third-order valence-corrected chi connectivity index (χ3v) is 4.72. The summed E-state index contributed by atoms with van der Waals surface area (Å²) in [7, 11) is 0. The second kappa shape index (κ2) is 8.26. The van der Waals surface area contributed by atoms with E-state index in [1.54, 1.807) is 0 Å². The molecular formula is C20H21FN6O2. The number of aromatic nitrogens is 4. The topological polar surface area (TPSA) is 99.3 Å². The molecule has 1 aliphatic heterocycles. The molecule has 0 amide bonds. The molecule has 8 nitrogen and oxygen atoms in total. The van der Waals surface area contributed by atoms with Crippen LogP contribution in [-0.2, 0) is 0 Å². The minimum Gasteiger partial charge on any atom is -0.460 e. The van der Waals surface area contributed by atoms with Crippen LogP contribution in [0.1, 0.15) is 18.4 Å². The van der Waals surface area contributed by atoms with Crippen LogP contribution < -0.4 is 20.1 Å². The molecule has 0 bridgehead atoms. The lowest BCUT2D eigenvalue weighted by molar-refractivity contribution is 0.156. The van der Waals surface area contributed by atoms with Gasteiger partial charge in [0.1, 0.15) is 24.0 Å². The summed E-state index contributed by atoms with van der Waals surface area (Å²) in [4.78, 5) is 18.4. The molecule has 2 aromatic heterocycles. The Morgan fingerprint density at radius 1 is 1.14 bits per heavy atom. The van der Waals surface area contributed by atoms with Crippen molar-refractivity contribution in [3.8, 4) is 17.6 Å². The van der Waals surface area contributed by atoms with Gasteiger partial charge in [-0.25, -0.2) is 19.3 Å². The minimum atomic E-state index is -0.653. The van der Waals surface area contributed by atoms with Crippen molar-refractivity contribution in [3.05, 3.63) is 54.2 Å². The lowest BCUT2D eigenvalue weighted by Gasteiger charge is -2.32. The van der Waals surface area contributed by atoms with Gasteiger partial charge in [0, 0.05) is 32.0 Å². The molecule has 1 saturated heterocycles. The molecule has 29 heavy (non-hydrogen) atoms. The van der Waals surface area contributed by atoms with Crippen molar-refractivity contribution >= 4 is 11.6 Å². The monoisotopic (exact) mass is 396 g/mol. The van der Waals surface area contributed by atoms with Crippen molar-refractivity contribution < 1.29 is 13.9 Å². The van der Waals surface area contributed by atoms with E-state index in [2.05, 4.69) is 24.8 Å². The molecule has 0 unspecified atom stereocenters. The van der Waals surface area contributed by atoms with Gasteiger partial charge in [-0.3, -0.25) is 0 Å². The first-order valence-electron chi connectivity index (χ1n) is 9.33. The predicted octanol–water partition coefficient (Wildman–Crippen LogP) is 3.14. The fourth-order valence-electron chi connectivity index (χ4n) is 3.11. The van der Waals surface area contributed by atoms with Crippen LogP contribution in [0.4, 0.5) is 16.0 Å². The first-order chi connectivity index (χ1) is 14.1. The molecule has 3 heterocycles. The summed E-state index contributed by atoms with van der Waals surface area (Å²) in [6, 6.07) is 9.71. The number of nitrogens with two attached hydrogens (primary N) is 1. The smallest absolute Gasteiger partial charge is 0.318 e. The number of ether oxygens (including phenoxy) is 2. The molecule has 4 rings (SSSR count). The Morgan fingerprint density at radius 2 is 1.93 bits per heavy atom. The molecule has 9 heteroatoms. The molecule has 0 spiro atoms. The molecule has 1 aromatic carbocycles. The van der Waals surface area contributed by atoms with E-state index in [0.717, 1.165) is 49.3 Å². The summed E-state index contributed by atoms with van der Waals surface area (Å²) in [5, 5.41) is 0. The number of halogens is 1. The van der Waals surface area contributed by atoms with Gasteiger partial charge < -0.3 is 20.1 Å². The highest BCUT2D eigenvalue weighted by Gasteiger charge is 2.23. The fourth-order valence-corrected chi connectivity index (χ4v) is 3.11. The first-order valence-corrected chi connectivity index (χ1v) is 9.33. The van der Waals surface area contributed by atoms with Crippen LogP contribution in [0.15, 0.2) is 42.9 Å². The van der Waals surface area contributed by atoms with Crippen molar-refractivity contribution in [1.82, 2.24) is 19.9 Å². The maximum atomic E-state index is 13.2. The van der Waals surface area contributed by atoms with Crippen LogP contribution >= 0.6 is 0 Å². The molecule has 3 aromatic rings. The van der Waals surface area contributed by atoms with Crippen LogP contribution in [0.2, 0.25) is 0 Å². The largest absolute Gasteiger partial charge is 0.460 e. The summed E-state index contributed by atoms with van der Waals surface area (Å²) in [5.41, 5.74) is 6.50. The lowest BCUT2D eigenvalue weighted by Crippen LogP contribution is -2.39. The van der Waals surface area contributed by atoms with Crippen molar-refractivity contribution in [1.29, 1.82) is 0 Å². The van der Waals surface area contributed by atoms with Gasteiger partial charge >= 0.3 is 6.01 Å². The number of hydrogen-bond acceptors (Lipinski definition) is 8. The number of nitrogen functional groups attached to an aromatic ring is 1. The Morgan fingerprint density at radius 3 is 2.69 bits per heavy atom. The summed E-state index contributed by atoms with van der Waals surface area (Å²) in [5.74, 6) is 1.19. The highest BCUT2D eigenvalue weighted by Crippen LogP contribution is 2.26. The predicted molar refractivity (Wildman–Crippen MR) is 106 cm³/mol. The average Bonchev–Trinajstić information content (AvgIpc) is 2.73. The Balaban J connectivity index is 1.37. The number of benzene rings is 1. The number of nitrogens with zero attached hydrogens (tertiary/aromatic N) is 5. The highest BCUT2D eigenvalue weighted by molar-refractivity contribution is 5.43. The second-order valence-corrected chi connectivity index (χ2v) is 6.77. The van der Waals surface area contributed by atoms with Crippen LogP contribution in [0.5, 0.6) is 17.6 Å². The van der Waals surface area contributed by atoms with Crippen LogP contribution in [-0.4, -0.2) is 39.1 Å². The maximum Gasteiger partial charge on any atom is 0.318 e. The normalized spacial score (nSPS) is 14.6.